The van der Waals surface area contributed by atoms with Crippen LogP contribution in [0.2, 0.25) is 0 Å². The molecule has 2 heterocycles. The Kier molecular flexibility index (Phi) is 5.30. The van der Waals surface area contributed by atoms with Gasteiger partial charge in [0.25, 0.3) is 0 Å². The minimum Gasteiger partial charge on any atom is -0.395 e. The van der Waals surface area contributed by atoms with E-state index in [4.69, 9.17) is 0 Å². The fourth-order valence-electron chi connectivity index (χ4n) is 2.31. The second-order valence-corrected chi connectivity index (χ2v) is 6.26. The molecule has 0 unspecified atom stereocenters. The maximum absolute atomic E-state index is 12.4. The summed E-state index contributed by atoms with van der Waals surface area (Å²) in [5.41, 5.74) is 1.85. The summed E-state index contributed by atoms with van der Waals surface area (Å²) in [6.45, 7) is 0.607. The number of para-hydroxylation sites is 1. The van der Waals surface area contributed by atoms with E-state index in [0.717, 1.165) is 20.8 Å². The summed E-state index contributed by atoms with van der Waals surface area (Å²) in [5.74, 6) is -0.160. The molecule has 1 aromatic carbocycles. The smallest absolute Gasteiger partial charge is 0.247 e. The van der Waals surface area contributed by atoms with E-state index < -0.39 is 0 Å². The molecule has 0 spiro atoms. The lowest BCUT2D eigenvalue weighted by molar-refractivity contribution is -0.127. The number of hydrogen-bond donors (Lipinski definition) is 1. The van der Waals surface area contributed by atoms with Crippen molar-refractivity contribution < 1.29 is 9.90 Å². The number of nitrogens with zero attached hydrogens (tertiary/aromatic N) is 3. The van der Waals surface area contributed by atoms with Crippen LogP contribution in [0.5, 0.6) is 0 Å². The van der Waals surface area contributed by atoms with Crippen molar-refractivity contribution in [2.24, 2.45) is 0 Å². The molecule has 6 heteroatoms. The van der Waals surface area contributed by atoms with Crippen LogP contribution in [0.15, 0.2) is 54.9 Å². The zero-order chi connectivity index (χ0) is 16.8. The standard InChI is InChI=1S/C18H17N3O2S/c22-11-10-21(13-14-4-3-9-19-12-14)18(23)8-7-17-20-15-5-1-2-6-16(15)24-17/h1-9,12,22H,10-11,13H2/b8-7+. The van der Waals surface area contributed by atoms with Gasteiger partial charge in [0.1, 0.15) is 5.01 Å². The molecule has 0 radical (unpaired) electrons. The lowest BCUT2D eigenvalue weighted by Gasteiger charge is -2.19. The molecule has 0 atom stereocenters. The van der Waals surface area contributed by atoms with Crippen LogP contribution in [-0.2, 0) is 11.3 Å². The number of fused-ring (bicyclic) bond motifs is 1. The SMILES string of the molecule is O=C(/C=C/c1nc2ccccc2s1)N(CCO)Cc1cccnc1. The van der Waals surface area contributed by atoms with E-state index in [9.17, 15) is 9.90 Å². The highest BCUT2D eigenvalue weighted by Crippen LogP contribution is 2.22. The van der Waals surface area contributed by atoms with Gasteiger partial charge in [-0.3, -0.25) is 9.78 Å². The third kappa shape index (κ3) is 4.04. The van der Waals surface area contributed by atoms with E-state index in [1.807, 2.05) is 36.4 Å². The number of carbonyl (C=O) groups is 1. The van der Waals surface area contributed by atoms with Gasteiger partial charge in [0, 0.05) is 31.6 Å². The van der Waals surface area contributed by atoms with Gasteiger partial charge in [-0.05, 0) is 29.8 Å². The summed E-state index contributed by atoms with van der Waals surface area (Å²) in [4.78, 5) is 22.5. The molecule has 0 aliphatic rings. The molecule has 0 aliphatic heterocycles. The number of pyridine rings is 1. The van der Waals surface area contributed by atoms with E-state index in [0.29, 0.717) is 6.54 Å². The van der Waals surface area contributed by atoms with Gasteiger partial charge < -0.3 is 10.0 Å². The Balaban J connectivity index is 1.72. The number of hydrogen-bond acceptors (Lipinski definition) is 5. The van der Waals surface area contributed by atoms with Gasteiger partial charge in [0.2, 0.25) is 5.91 Å². The molecule has 3 rings (SSSR count). The van der Waals surface area contributed by atoms with Crippen LogP contribution in [-0.4, -0.2) is 39.0 Å². The molecule has 5 nitrogen and oxygen atoms in total. The fourth-order valence-corrected chi connectivity index (χ4v) is 3.18. The summed E-state index contributed by atoms with van der Waals surface area (Å²) in [6.07, 6.45) is 6.63. The summed E-state index contributed by atoms with van der Waals surface area (Å²) in [6, 6.07) is 11.6. The maximum Gasteiger partial charge on any atom is 0.247 e. The third-order valence-electron chi connectivity index (χ3n) is 3.46. The Hall–Kier alpha value is -2.57. The molecule has 2 aromatic heterocycles. The summed E-state index contributed by atoms with van der Waals surface area (Å²) < 4.78 is 1.09. The lowest BCUT2D eigenvalue weighted by Crippen LogP contribution is -2.31. The van der Waals surface area contributed by atoms with E-state index in [1.54, 1.807) is 34.7 Å². The van der Waals surface area contributed by atoms with Crippen LogP contribution in [0.25, 0.3) is 16.3 Å². The molecule has 0 fully saturated rings. The van der Waals surface area contributed by atoms with Gasteiger partial charge in [0.15, 0.2) is 0 Å². The molecule has 122 valence electrons. The van der Waals surface area contributed by atoms with Crippen LogP contribution in [0.4, 0.5) is 0 Å². The Bertz CT molecular complexity index is 813. The summed E-state index contributed by atoms with van der Waals surface area (Å²) in [5, 5.41) is 9.99. The molecular formula is C18H17N3O2S. The largest absolute Gasteiger partial charge is 0.395 e. The van der Waals surface area contributed by atoms with Crippen molar-refractivity contribution in [3.8, 4) is 0 Å². The van der Waals surface area contributed by atoms with Gasteiger partial charge >= 0.3 is 0 Å². The monoisotopic (exact) mass is 339 g/mol. The number of aliphatic hydroxyl groups excluding tert-OH is 1. The van der Waals surface area contributed by atoms with Crippen LogP contribution < -0.4 is 0 Å². The molecule has 0 aliphatic carbocycles. The van der Waals surface area contributed by atoms with Crippen molar-refractivity contribution in [1.82, 2.24) is 14.9 Å². The second-order valence-electron chi connectivity index (χ2n) is 5.20. The van der Waals surface area contributed by atoms with Crippen molar-refractivity contribution in [3.63, 3.8) is 0 Å². The Morgan fingerprint density at radius 2 is 2.12 bits per heavy atom. The molecule has 0 bridgehead atoms. The first-order chi connectivity index (χ1) is 11.8. The maximum atomic E-state index is 12.4. The van der Waals surface area contributed by atoms with Crippen molar-refractivity contribution in [2.75, 3.05) is 13.2 Å². The zero-order valence-electron chi connectivity index (χ0n) is 13.0. The highest BCUT2D eigenvalue weighted by molar-refractivity contribution is 7.19. The Labute approximate surface area is 143 Å². The van der Waals surface area contributed by atoms with Crippen LogP contribution >= 0.6 is 11.3 Å². The van der Waals surface area contributed by atoms with Crippen LogP contribution in [0.1, 0.15) is 10.6 Å². The normalized spacial score (nSPS) is 11.2. The van der Waals surface area contributed by atoms with E-state index in [-0.39, 0.29) is 19.1 Å². The lowest BCUT2D eigenvalue weighted by atomic mass is 10.2. The number of thiazole rings is 1. The summed E-state index contributed by atoms with van der Waals surface area (Å²) in [7, 11) is 0. The van der Waals surface area contributed by atoms with Crippen molar-refractivity contribution in [2.45, 2.75) is 6.54 Å². The van der Waals surface area contributed by atoms with Crippen LogP contribution in [0, 0.1) is 0 Å². The minimum absolute atomic E-state index is 0.0824. The van der Waals surface area contributed by atoms with Crippen molar-refractivity contribution in [1.29, 1.82) is 0 Å². The van der Waals surface area contributed by atoms with Gasteiger partial charge in [0.05, 0.1) is 16.8 Å². The average molecular weight is 339 g/mol. The third-order valence-corrected chi connectivity index (χ3v) is 4.46. The second kappa shape index (κ2) is 7.81. The van der Waals surface area contributed by atoms with E-state index >= 15 is 0 Å². The van der Waals surface area contributed by atoms with Gasteiger partial charge in [-0.25, -0.2) is 4.98 Å². The Morgan fingerprint density at radius 3 is 2.88 bits per heavy atom. The Morgan fingerprint density at radius 1 is 1.25 bits per heavy atom. The van der Waals surface area contributed by atoms with E-state index in [2.05, 4.69) is 9.97 Å². The first kappa shape index (κ1) is 16.3. The summed E-state index contributed by atoms with van der Waals surface area (Å²) >= 11 is 1.54. The molecule has 1 N–H and O–H groups in total. The molecule has 0 saturated heterocycles. The van der Waals surface area contributed by atoms with E-state index in [1.165, 1.54) is 6.08 Å². The van der Waals surface area contributed by atoms with Crippen molar-refractivity contribution in [3.05, 3.63) is 65.4 Å². The number of carbonyl (C=O) groups excluding carboxylic acids is 1. The first-order valence-corrected chi connectivity index (χ1v) is 8.40. The number of amides is 1. The average Bonchev–Trinajstić information content (AvgIpc) is 3.03. The van der Waals surface area contributed by atoms with Crippen molar-refractivity contribution >= 4 is 33.5 Å². The first-order valence-electron chi connectivity index (χ1n) is 7.58. The highest BCUT2D eigenvalue weighted by Gasteiger charge is 2.11. The highest BCUT2D eigenvalue weighted by atomic mass is 32.1. The molecule has 0 saturated carbocycles. The number of aliphatic hydroxyl groups is 1. The predicted molar refractivity (Wildman–Crippen MR) is 95.4 cm³/mol. The molecular weight excluding hydrogens is 322 g/mol. The quantitative estimate of drug-likeness (QED) is 0.701. The molecule has 1 amide bonds. The van der Waals surface area contributed by atoms with Crippen LogP contribution in [0.3, 0.4) is 0 Å². The molecule has 24 heavy (non-hydrogen) atoms. The molecule has 3 aromatic rings. The van der Waals surface area contributed by atoms with Gasteiger partial charge in [-0.15, -0.1) is 11.3 Å². The number of rotatable bonds is 6. The number of benzene rings is 1. The van der Waals surface area contributed by atoms with Gasteiger partial charge in [-0.2, -0.15) is 0 Å². The zero-order valence-corrected chi connectivity index (χ0v) is 13.8. The number of aromatic nitrogens is 2. The topological polar surface area (TPSA) is 66.3 Å². The minimum atomic E-state index is -0.160. The fraction of sp³-hybridized carbons (Fsp3) is 0.167. The van der Waals surface area contributed by atoms with Gasteiger partial charge in [-0.1, -0.05) is 18.2 Å². The predicted octanol–water partition coefficient (Wildman–Crippen LogP) is 2.73.